The number of amides is 2. The first-order valence-electron chi connectivity index (χ1n) is 14.3. The van der Waals surface area contributed by atoms with Crippen LogP contribution in [-0.4, -0.2) is 57.6 Å². The molecule has 0 aliphatic rings. The number of hydrogen-bond donors (Lipinski definition) is 1. The van der Waals surface area contributed by atoms with Gasteiger partial charge in [-0.1, -0.05) is 74.0 Å². The summed E-state index contributed by atoms with van der Waals surface area (Å²) in [5.41, 5.74) is 3.47. The third-order valence-electron chi connectivity index (χ3n) is 6.94. The fourth-order valence-corrected chi connectivity index (χ4v) is 5.58. The summed E-state index contributed by atoms with van der Waals surface area (Å²) in [6.45, 7) is 6.94. The van der Waals surface area contributed by atoms with Crippen molar-refractivity contribution in [3.8, 4) is 5.75 Å². The van der Waals surface area contributed by atoms with E-state index in [2.05, 4.69) is 5.32 Å². The van der Waals surface area contributed by atoms with Gasteiger partial charge in [-0.05, 0) is 54.7 Å². The molecule has 1 unspecified atom stereocenters. The average Bonchev–Trinajstić information content (AvgIpc) is 2.96. The van der Waals surface area contributed by atoms with Crippen LogP contribution >= 0.6 is 0 Å². The molecule has 0 saturated carbocycles. The third-order valence-corrected chi connectivity index (χ3v) is 8.14. The molecule has 1 atom stereocenters. The van der Waals surface area contributed by atoms with Crippen molar-refractivity contribution in [3.63, 3.8) is 0 Å². The molecule has 3 rings (SSSR count). The van der Waals surface area contributed by atoms with E-state index in [-0.39, 0.29) is 43.7 Å². The molecule has 0 radical (unpaired) electrons. The zero-order valence-corrected chi connectivity index (χ0v) is 26.1. The minimum Gasteiger partial charge on any atom is -0.497 e. The van der Waals surface area contributed by atoms with Crippen molar-refractivity contribution in [2.45, 2.75) is 52.6 Å². The smallest absolute Gasteiger partial charge is 0.243 e. The van der Waals surface area contributed by atoms with Crippen molar-refractivity contribution in [2.24, 2.45) is 5.92 Å². The maximum atomic E-state index is 13.9. The molecule has 0 fully saturated rings. The van der Waals surface area contributed by atoms with Crippen LogP contribution in [0.15, 0.2) is 78.9 Å². The van der Waals surface area contributed by atoms with Gasteiger partial charge in [-0.3, -0.25) is 13.9 Å². The maximum absolute atomic E-state index is 13.9. The highest BCUT2D eigenvalue weighted by Crippen LogP contribution is 2.23. The van der Waals surface area contributed by atoms with E-state index in [1.165, 1.54) is 4.31 Å². The van der Waals surface area contributed by atoms with E-state index in [0.717, 1.165) is 22.9 Å². The standard InChI is InChI=1S/C33H43N3O5S/c1-25(2)23-34-33(38)31(22-27-10-7-6-8-11-27)35(24-28-15-13-26(3)14-16-28)32(37)12-9-21-36(42(5,39)40)29-17-19-30(41-4)20-18-29/h6-8,10-11,13-20,25,31H,9,12,21-24H2,1-5H3,(H,34,38). The van der Waals surface area contributed by atoms with Crippen LogP contribution in [-0.2, 0) is 32.6 Å². The van der Waals surface area contributed by atoms with Crippen LogP contribution in [0.4, 0.5) is 5.69 Å². The fourth-order valence-electron chi connectivity index (χ4n) is 4.62. The highest BCUT2D eigenvalue weighted by Gasteiger charge is 2.30. The molecule has 0 saturated heterocycles. The Morgan fingerprint density at radius 1 is 0.905 bits per heavy atom. The number of methoxy groups -OCH3 is 1. The molecule has 8 nitrogen and oxygen atoms in total. The van der Waals surface area contributed by atoms with Gasteiger partial charge in [0.1, 0.15) is 11.8 Å². The molecule has 0 aromatic heterocycles. The van der Waals surface area contributed by atoms with Gasteiger partial charge >= 0.3 is 0 Å². The van der Waals surface area contributed by atoms with E-state index in [1.807, 2.05) is 75.4 Å². The summed E-state index contributed by atoms with van der Waals surface area (Å²) in [4.78, 5) is 29.1. The van der Waals surface area contributed by atoms with Crippen molar-refractivity contribution < 1.29 is 22.7 Å². The van der Waals surface area contributed by atoms with Crippen molar-refractivity contribution in [3.05, 3.63) is 95.6 Å². The largest absolute Gasteiger partial charge is 0.497 e. The topological polar surface area (TPSA) is 96.0 Å². The molecular formula is C33H43N3O5S. The molecule has 3 aromatic carbocycles. The summed E-state index contributed by atoms with van der Waals surface area (Å²) in [6, 6.07) is 23.6. The number of sulfonamides is 1. The number of carbonyl (C=O) groups excluding carboxylic acids is 2. The monoisotopic (exact) mass is 593 g/mol. The Morgan fingerprint density at radius 3 is 2.12 bits per heavy atom. The quantitative estimate of drug-likeness (QED) is 0.269. The second-order valence-corrected chi connectivity index (χ2v) is 12.9. The summed E-state index contributed by atoms with van der Waals surface area (Å²) < 4.78 is 31.8. The van der Waals surface area contributed by atoms with Crippen LogP contribution in [0.1, 0.15) is 43.4 Å². The van der Waals surface area contributed by atoms with Gasteiger partial charge in [0.15, 0.2) is 0 Å². The maximum Gasteiger partial charge on any atom is 0.243 e. The molecule has 0 aliphatic heterocycles. The van der Waals surface area contributed by atoms with Crippen LogP contribution < -0.4 is 14.4 Å². The van der Waals surface area contributed by atoms with Crippen molar-refractivity contribution >= 4 is 27.5 Å². The average molecular weight is 594 g/mol. The number of carbonyl (C=O) groups is 2. The molecule has 0 aliphatic carbocycles. The van der Waals surface area contributed by atoms with E-state index in [9.17, 15) is 18.0 Å². The van der Waals surface area contributed by atoms with E-state index in [0.29, 0.717) is 24.4 Å². The van der Waals surface area contributed by atoms with Crippen LogP contribution in [0.3, 0.4) is 0 Å². The Hall–Kier alpha value is -3.85. The van der Waals surface area contributed by atoms with Crippen molar-refractivity contribution in [2.75, 3.05) is 30.8 Å². The van der Waals surface area contributed by atoms with Gasteiger partial charge in [-0.25, -0.2) is 8.42 Å². The van der Waals surface area contributed by atoms with E-state index >= 15 is 0 Å². The van der Waals surface area contributed by atoms with Crippen molar-refractivity contribution in [1.82, 2.24) is 10.2 Å². The highest BCUT2D eigenvalue weighted by molar-refractivity contribution is 7.92. The second-order valence-electron chi connectivity index (χ2n) is 11.0. The predicted octanol–water partition coefficient (Wildman–Crippen LogP) is 4.96. The normalized spacial score (nSPS) is 12.0. The minimum atomic E-state index is -3.59. The van der Waals surface area contributed by atoms with Crippen LogP contribution in [0.25, 0.3) is 0 Å². The lowest BCUT2D eigenvalue weighted by Crippen LogP contribution is -2.51. The molecular weight excluding hydrogens is 550 g/mol. The SMILES string of the molecule is COc1ccc(N(CCCC(=O)N(Cc2ccc(C)cc2)C(Cc2ccccc2)C(=O)NCC(C)C)S(C)(=O)=O)cc1. The number of nitrogens with zero attached hydrogens (tertiary/aromatic N) is 2. The summed E-state index contributed by atoms with van der Waals surface area (Å²) >= 11 is 0. The lowest BCUT2D eigenvalue weighted by Gasteiger charge is -2.32. The van der Waals surface area contributed by atoms with E-state index in [4.69, 9.17) is 4.74 Å². The van der Waals surface area contributed by atoms with Crippen LogP contribution in [0, 0.1) is 12.8 Å². The summed E-state index contributed by atoms with van der Waals surface area (Å²) in [5.74, 6) is 0.463. The van der Waals surface area contributed by atoms with Gasteiger partial charge in [0.2, 0.25) is 21.8 Å². The second kappa shape index (κ2) is 15.4. The molecule has 9 heteroatoms. The molecule has 2 amide bonds. The first-order valence-corrected chi connectivity index (χ1v) is 16.1. The zero-order chi connectivity index (χ0) is 30.7. The molecule has 226 valence electrons. The van der Waals surface area contributed by atoms with Gasteiger partial charge in [0, 0.05) is 32.5 Å². The fraction of sp³-hybridized carbons (Fsp3) is 0.394. The molecule has 0 bridgehead atoms. The Bertz CT molecular complexity index is 1390. The number of rotatable bonds is 15. The lowest BCUT2D eigenvalue weighted by atomic mass is 10.0. The highest BCUT2D eigenvalue weighted by atomic mass is 32.2. The van der Waals surface area contributed by atoms with Crippen molar-refractivity contribution in [1.29, 1.82) is 0 Å². The Labute approximate surface area is 250 Å². The molecule has 0 heterocycles. The van der Waals surface area contributed by atoms with Crippen LogP contribution in [0.5, 0.6) is 5.75 Å². The predicted molar refractivity (Wildman–Crippen MR) is 168 cm³/mol. The Kier molecular flexibility index (Phi) is 12.0. The van der Waals surface area contributed by atoms with E-state index in [1.54, 1.807) is 36.3 Å². The van der Waals surface area contributed by atoms with Crippen LogP contribution in [0.2, 0.25) is 0 Å². The zero-order valence-electron chi connectivity index (χ0n) is 25.2. The first-order chi connectivity index (χ1) is 20.0. The number of benzene rings is 3. The summed E-state index contributed by atoms with van der Waals surface area (Å²) in [5, 5.41) is 3.03. The summed E-state index contributed by atoms with van der Waals surface area (Å²) in [7, 11) is -2.04. The molecule has 0 spiro atoms. The van der Waals surface area contributed by atoms with Gasteiger partial charge in [-0.2, -0.15) is 0 Å². The van der Waals surface area contributed by atoms with Gasteiger partial charge < -0.3 is 15.0 Å². The van der Waals surface area contributed by atoms with Gasteiger partial charge in [-0.15, -0.1) is 0 Å². The lowest BCUT2D eigenvalue weighted by molar-refractivity contribution is -0.141. The van der Waals surface area contributed by atoms with Gasteiger partial charge in [0.05, 0.1) is 19.1 Å². The molecule has 1 N–H and O–H groups in total. The number of ether oxygens (including phenoxy) is 1. The van der Waals surface area contributed by atoms with E-state index < -0.39 is 16.1 Å². The number of hydrogen-bond acceptors (Lipinski definition) is 5. The third kappa shape index (κ3) is 9.91. The Morgan fingerprint density at radius 2 is 1.55 bits per heavy atom. The number of nitrogens with one attached hydrogen (secondary N) is 1. The molecule has 42 heavy (non-hydrogen) atoms. The Balaban J connectivity index is 1.86. The molecule has 3 aromatic rings. The first kappa shape index (κ1) is 32.7. The number of aryl methyl sites for hydroxylation is 1. The number of anilines is 1. The minimum absolute atomic E-state index is 0.0801. The van der Waals surface area contributed by atoms with Gasteiger partial charge in [0.25, 0.3) is 0 Å². The summed E-state index contributed by atoms with van der Waals surface area (Å²) in [6.07, 6.45) is 1.88.